The number of carbonyl (C=O) groups excluding carboxylic acids is 1. The molecule has 0 aliphatic carbocycles. The van der Waals surface area contributed by atoms with Crippen LogP contribution in [-0.4, -0.2) is 58.3 Å². The van der Waals surface area contributed by atoms with Crippen LogP contribution < -0.4 is 5.32 Å². The fourth-order valence-electron chi connectivity index (χ4n) is 3.79. The Balaban J connectivity index is 1.46. The maximum absolute atomic E-state index is 12.4. The molecule has 0 spiro atoms. The highest BCUT2D eigenvalue weighted by Crippen LogP contribution is 2.24. The molecule has 6 nitrogen and oxygen atoms in total. The molecule has 29 heavy (non-hydrogen) atoms. The number of urea groups is 1. The lowest BCUT2D eigenvalue weighted by molar-refractivity contribution is 0.0261. The second kappa shape index (κ2) is 9.39. The molecule has 2 unspecified atom stereocenters. The van der Waals surface area contributed by atoms with Crippen molar-refractivity contribution in [3.8, 4) is 0 Å². The monoisotopic (exact) mass is 397 g/mol. The third kappa shape index (κ3) is 6.03. The van der Waals surface area contributed by atoms with Gasteiger partial charge in [-0.3, -0.25) is 4.90 Å². The van der Waals surface area contributed by atoms with E-state index in [9.17, 15) is 15.0 Å². The molecule has 1 heterocycles. The summed E-state index contributed by atoms with van der Waals surface area (Å²) < 4.78 is 0. The first-order chi connectivity index (χ1) is 13.8. The zero-order valence-electron chi connectivity index (χ0n) is 17.2. The fourth-order valence-corrected chi connectivity index (χ4v) is 3.79. The molecule has 0 bridgehead atoms. The van der Waals surface area contributed by atoms with E-state index in [0.717, 1.165) is 24.2 Å². The molecule has 1 aliphatic rings. The molecule has 2 aromatic rings. The van der Waals surface area contributed by atoms with Gasteiger partial charge in [0.1, 0.15) is 0 Å². The summed E-state index contributed by atoms with van der Waals surface area (Å²) in [5.41, 5.74) is 2.15. The van der Waals surface area contributed by atoms with E-state index in [1.54, 1.807) is 18.9 Å². The summed E-state index contributed by atoms with van der Waals surface area (Å²) in [5.74, 6) is 0. The van der Waals surface area contributed by atoms with E-state index < -0.39 is 11.7 Å². The topological polar surface area (TPSA) is 76.0 Å². The van der Waals surface area contributed by atoms with E-state index >= 15 is 0 Å². The highest BCUT2D eigenvalue weighted by molar-refractivity contribution is 5.73. The van der Waals surface area contributed by atoms with Crippen molar-refractivity contribution in [1.82, 2.24) is 15.1 Å². The second-order valence-corrected chi connectivity index (χ2v) is 8.10. The predicted molar refractivity (Wildman–Crippen MR) is 113 cm³/mol. The fraction of sp³-hybridized carbons (Fsp3) is 0.435. The Morgan fingerprint density at radius 1 is 1.17 bits per heavy atom. The molecule has 3 rings (SSSR count). The van der Waals surface area contributed by atoms with Crippen molar-refractivity contribution in [3.05, 3.63) is 71.3 Å². The third-order valence-electron chi connectivity index (χ3n) is 5.44. The van der Waals surface area contributed by atoms with Crippen molar-refractivity contribution >= 4 is 6.03 Å². The number of amides is 2. The molecule has 0 aromatic heterocycles. The van der Waals surface area contributed by atoms with Crippen LogP contribution in [0.2, 0.25) is 0 Å². The van der Waals surface area contributed by atoms with E-state index in [1.807, 2.05) is 42.5 Å². The van der Waals surface area contributed by atoms with E-state index in [0.29, 0.717) is 26.1 Å². The summed E-state index contributed by atoms with van der Waals surface area (Å²) in [7, 11) is 1.71. The minimum absolute atomic E-state index is 0.209. The molecule has 6 heteroatoms. The van der Waals surface area contributed by atoms with Crippen LogP contribution in [0.15, 0.2) is 54.6 Å². The molecular formula is C23H31N3O3. The zero-order chi connectivity index (χ0) is 20.9. The summed E-state index contributed by atoms with van der Waals surface area (Å²) in [4.78, 5) is 16.2. The summed E-state index contributed by atoms with van der Waals surface area (Å²) in [6, 6.07) is 17.5. The van der Waals surface area contributed by atoms with Gasteiger partial charge in [0.05, 0.1) is 18.2 Å². The van der Waals surface area contributed by atoms with Gasteiger partial charge in [-0.2, -0.15) is 0 Å². The Morgan fingerprint density at radius 3 is 2.52 bits per heavy atom. The Morgan fingerprint density at radius 2 is 1.86 bits per heavy atom. The minimum Gasteiger partial charge on any atom is -0.389 e. The number of nitrogens with zero attached hydrogens (tertiary/aromatic N) is 2. The van der Waals surface area contributed by atoms with Gasteiger partial charge < -0.3 is 20.4 Å². The second-order valence-electron chi connectivity index (χ2n) is 8.10. The van der Waals surface area contributed by atoms with Crippen molar-refractivity contribution in [2.45, 2.75) is 38.1 Å². The number of benzene rings is 2. The SMILES string of the molecule is CC(O)c1ccc(CNC(=O)N(C)CC2(O)CCN(Cc3ccccc3)C2)cc1. The predicted octanol–water partition coefficient (Wildman–Crippen LogP) is 2.52. The molecule has 2 atom stereocenters. The van der Waals surface area contributed by atoms with Crippen LogP contribution in [0.3, 0.4) is 0 Å². The van der Waals surface area contributed by atoms with Gasteiger partial charge in [0.25, 0.3) is 0 Å². The number of β-amino-alcohol motifs (C(OH)–C–C–N with tert-alkyl or cyclic N) is 1. The van der Waals surface area contributed by atoms with Crippen LogP contribution in [-0.2, 0) is 13.1 Å². The lowest BCUT2D eigenvalue weighted by Gasteiger charge is -2.29. The highest BCUT2D eigenvalue weighted by atomic mass is 16.3. The van der Waals surface area contributed by atoms with E-state index in [4.69, 9.17) is 0 Å². The summed E-state index contributed by atoms with van der Waals surface area (Å²) in [6.07, 6.45) is 0.150. The van der Waals surface area contributed by atoms with Crippen molar-refractivity contribution in [2.24, 2.45) is 0 Å². The first-order valence-corrected chi connectivity index (χ1v) is 10.1. The molecule has 2 aromatic carbocycles. The number of nitrogens with one attached hydrogen (secondary N) is 1. The molecule has 1 fully saturated rings. The van der Waals surface area contributed by atoms with Crippen LogP contribution in [0.25, 0.3) is 0 Å². The number of likely N-dealkylation sites (tertiary alicyclic amines) is 1. The Hall–Kier alpha value is -2.41. The molecule has 156 valence electrons. The number of aliphatic hydroxyl groups is 2. The lowest BCUT2D eigenvalue weighted by Crippen LogP contribution is -2.48. The van der Waals surface area contributed by atoms with Crippen LogP contribution >= 0.6 is 0 Å². The molecule has 3 N–H and O–H groups in total. The van der Waals surface area contributed by atoms with Crippen LogP contribution in [0, 0.1) is 0 Å². The number of hydrogen-bond donors (Lipinski definition) is 3. The van der Waals surface area contributed by atoms with Crippen molar-refractivity contribution in [3.63, 3.8) is 0 Å². The average Bonchev–Trinajstić information content (AvgIpc) is 3.07. The summed E-state index contributed by atoms with van der Waals surface area (Å²) in [5, 5.41) is 23.4. The molecule has 1 saturated heterocycles. The number of aliphatic hydroxyl groups excluding tert-OH is 1. The number of rotatable bonds is 7. The first-order valence-electron chi connectivity index (χ1n) is 10.1. The minimum atomic E-state index is -0.889. The standard InChI is InChI=1S/C23H31N3O3/c1-18(27)21-10-8-19(9-11-21)14-24-22(28)25(2)16-23(29)12-13-26(17-23)15-20-6-4-3-5-7-20/h3-11,18,27,29H,12-17H2,1-2H3,(H,24,28). The largest absolute Gasteiger partial charge is 0.389 e. The van der Waals surface area contributed by atoms with Gasteiger partial charge in [-0.25, -0.2) is 4.79 Å². The summed E-state index contributed by atoms with van der Waals surface area (Å²) in [6.45, 7) is 4.60. The zero-order valence-corrected chi connectivity index (χ0v) is 17.2. The Bertz CT molecular complexity index is 795. The smallest absolute Gasteiger partial charge is 0.317 e. The molecule has 2 amide bonds. The van der Waals surface area contributed by atoms with Gasteiger partial charge in [-0.05, 0) is 30.0 Å². The van der Waals surface area contributed by atoms with Crippen molar-refractivity contribution in [1.29, 1.82) is 0 Å². The molecular weight excluding hydrogens is 366 g/mol. The van der Waals surface area contributed by atoms with Gasteiger partial charge in [0, 0.05) is 33.2 Å². The van der Waals surface area contributed by atoms with Gasteiger partial charge >= 0.3 is 6.03 Å². The maximum Gasteiger partial charge on any atom is 0.317 e. The average molecular weight is 398 g/mol. The molecule has 0 saturated carbocycles. The van der Waals surface area contributed by atoms with Gasteiger partial charge in [-0.15, -0.1) is 0 Å². The molecule has 1 aliphatic heterocycles. The van der Waals surface area contributed by atoms with Crippen LogP contribution in [0.5, 0.6) is 0 Å². The van der Waals surface area contributed by atoms with E-state index in [1.165, 1.54) is 5.56 Å². The third-order valence-corrected chi connectivity index (χ3v) is 5.44. The first kappa shape index (κ1) is 21.3. The Labute approximate surface area is 172 Å². The van der Waals surface area contributed by atoms with Crippen LogP contribution in [0.4, 0.5) is 4.79 Å². The summed E-state index contributed by atoms with van der Waals surface area (Å²) >= 11 is 0. The van der Waals surface area contributed by atoms with Gasteiger partial charge in [0.15, 0.2) is 0 Å². The van der Waals surface area contributed by atoms with E-state index in [2.05, 4.69) is 22.3 Å². The Kier molecular flexibility index (Phi) is 6.90. The van der Waals surface area contributed by atoms with Crippen molar-refractivity contribution in [2.75, 3.05) is 26.7 Å². The number of likely N-dealkylation sites (N-methyl/N-ethyl adjacent to an activating group) is 1. The number of carbonyl (C=O) groups is 1. The quantitative estimate of drug-likeness (QED) is 0.671. The number of hydrogen-bond acceptors (Lipinski definition) is 4. The highest BCUT2D eigenvalue weighted by Gasteiger charge is 2.37. The van der Waals surface area contributed by atoms with Gasteiger partial charge in [-0.1, -0.05) is 54.6 Å². The lowest BCUT2D eigenvalue weighted by atomic mass is 10.0. The normalized spacial score (nSPS) is 20.4. The molecule has 0 radical (unpaired) electrons. The van der Waals surface area contributed by atoms with Gasteiger partial charge in [0.2, 0.25) is 0 Å². The van der Waals surface area contributed by atoms with Crippen molar-refractivity contribution < 1.29 is 15.0 Å². The van der Waals surface area contributed by atoms with Crippen LogP contribution in [0.1, 0.15) is 36.1 Å². The maximum atomic E-state index is 12.4. The van der Waals surface area contributed by atoms with E-state index in [-0.39, 0.29) is 6.03 Å².